The highest BCUT2D eigenvalue weighted by atomic mass is 35.5. The minimum absolute atomic E-state index is 0.0138. The van der Waals surface area contributed by atoms with Crippen LogP contribution < -0.4 is 5.73 Å². The Bertz CT molecular complexity index is 840. The Morgan fingerprint density at radius 2 is 1.96 bits per heavy atom. The average molecular weight is 416 g/mol. The van der Waals surface area contributed by atoms with Crippen molar-refractivity contribution in [3.8, 4) is 0 Å². The van der Waals surface area contributed by atoms with E-state index in [0.717, 1.165) is 0 Å². The molecule has 150 valence electrons. The zero-order valence-electron chi connectivity index (χ0n) is 16.0. The zero-order chi connectivity index (χ0) is 20.1. The molecule has 2 aromatic heterocycles. The summed E-state index contributed by atoms with van der Waals surface area (Å²) in [7, 11) is -2.02. The van der Waals surface area contributed by atoms with E-state index in [1.54, 1.807) is 0 Å². The number of nitrogen functional groups attached to an aromatic ring is 1. The van der Waals surface area contributed by atoms with Crippen molar-refractivity contribution >= 4 is 37.0 Å². The van der Waals surface area contributed by atoms with Crippen LogP contribution in [0.5, 0.6) is 0 Å². The molecule has 3 heterocycles. The Hall–Kier alpha value is -1.30. The molecule has 4 N–H and O–H groups in total. The first-order valence-electron chi connectivity index (χ1n) is 8.73. The Morgan fingerprint density at radius 3 is 2.59 bits per heavy atom. The number of hydrogen-bond acceptors (Lipinski definition) is 8. The lowest BCUT2D eigenvalue weighted by Crippen LogP contribution is -2.44. The summed E-state index contributed by atoms with van der Waals surface area (Å²) in [5.41, 5.74) is 6.33. The molecule has 3 rings (SSSR count). The SMILES string of the molecule is CC(C)(C)[Si](C)(C)OC[C@H]1O[C@@H](n2cnc3c(Cl)nc(N)nc32)[C@H](O)[C@@H]1O. The van der Waals surface area contributed by atoms with Gasteiger partial charge in [0, 0.05) is 0 Å². The van der Waals surface area contributed by atoms with Gasteiger partial charge in [0.25, 0.3) is 0 Å². The van der Waals surface area contributed by atoms with Crippen molar-refractivity contribution in [2.45, 2.75) is 63.4 Å². The Morgan fingerprint density at radius 1 is 1.30 bits per heavy atom. The van der Waals surface area contributed by atoms with E-state index in [9.17, 15) is 10.2 Å². The van der Waals surface area contributed by atoms with Crippen molar-refractivity contribution in [2.24, 2.45) is 0 Å². The number of nitrogens with two attached hydrogens (primary N) is 1. The molecule has 0 unspecified atom stereocenters. The van der Waals surface area contributed by atoms with Crippen LogP contribution in [0.3, 0.4) is 0 Å². The summed E-state index contributed by atoms with van der Waals surface area (Å²) in [6.07, 6.45) is -2.41. The lowest BCUT2D eigenvalue weighted by Gasteiger charge is -2.37. The number of aliphatic hydroxyl groups is 2. The lowest BCUT2D eigenvalue weighted by molar-refractivity contribution is -0.0491. The molecule has 11 heteroatoms. The second-order valence-corrected chi connectivity index (χ2v) is 13.5. The number of aromatic nitrogens is 4. The quantitative estimate of drug-likeness (QED) is 0.508. The van der Waals surface area contributed by atoms with Crippen molar-refractivity contribution in [1.82, 2.24) is 19.5 Å². The van der Waals surface area contributed by atoms with Gasteiger partial charge in [-0.15, -0.1) is 0 Å². The number of imidazole rings is 1. The highest BCUT2D eigenvalue weighted by Gasteiger charge is 2.46. The first-order valence-corrected chi connectivity index (χ1v) is 12.0. The van der Waals surface area contributed by atoms with Gasteiger partial charge in [0.2, 0.25) is 5.95 Å². The lowest BCUT2D eigenvalue weighted by atomic mass is 10.1. The van der Waals surface area contributed by atoms with Gasteiger partial charge < -0.3 is 25.1 Å². The van der Waals surface area contributed by atoms with E-state index in [-0.39, 0.29) is 22.7 Å². The predicted octanol–water partition coefficient (Wildman–Crippen LogP) is 1.70. The number of fused-ring (bicyclic) bond motifs is 1. The first-order chi connectivity index (χ1) is 12.4. The fraction of sp³-hybridized carbons (Fsp3) is 0.688. The Labute approximate surface area is 163 Å². The van der Waals surface area contributed by atoms with Crippen LogP contribution in [0, 0.1) is 0 Å². The van der Waals surface area contributed by atoms with Gasteiger partial charge in [-0.25, -0.2) is 4.98 Å². The fourth-order valence-corrected chi connectivity index (χ4v) is 3.92. The number of aliphatic hydroxyl groups excluding tert-OH is 2. The number of hydrogen-bond donors (Lipinski definition) is 3. The molecule has 2 aromatic rings. The second kappa shape index (κ2) is 6.94. The number of ether oxygens (including phenoxy) is 1. The summed E-state index contributed by atoms with van der Waals surface area (Å²) in [5, 5.41) is 21.1. The summed E-state index contributed by atoms with van der Waals surface area (Å²) in [6, 6.07) is 0. The van der Waals surface area contributed by atoms with Crippen molar-refractivity contribution in [3.05, 3.63) is 11.5 Å². The highest BCUT2D eigenvalue weighted by molar-refractivity contribution is 6.74. The summed E-state index contributed by atoms with van der Waals surface area (Å²) in [5.74, 6) is -0.0138. The van der Waals surface area contributed by atoms with Gasteiger partial charge in [0.1, 0.15) is 23.8 Å². The number of rotatable bonds is 4. The van der Waals surface area contributed by atoms with Crippen LogP contribution in [0.15, 0.2) is 6.33 Å². The molecule has 0 saturated carbocycles. The smallest absolute Gasteiger partial charge is 0.223 e. The molecule has 1 aliphatic rings. The molecule has 1 saturated heterocycles. The molecule has 4 atom stereocenters. The number of nitrogens with zero attached hydrogens (tertiary/aromatic N) is 4. The van der Waals surface area contributed by atoms with Gasteiger partial charge in [-0.3, -0.25) is 4.57 Å². The molecule has 0 radical (unpaired) electrons. The summed E-state index contributed by atoms with van der Waals surface area (Å²) >= 11 is 6.04. The van der Waals surface area contributed by atoms with Crippen LogP contribution in [0.25, 0.3) is 11.2 Å². The summed E-state index contributed by atoms with van der Waals surface area (Å²) in [6.45, 7) is 10.8. The van der Waals surface area contributed by atoms with Crippen LogP contribution in [0.1, 0.15) is 27.0 Å². The van der Waals surface area contributed by atoms with Crippen LogP contribution in [-0.4, -0.2) is 63.0 Å². The van der Waals surface area contributed by atoms with E-state index in [2.05, 4.69) is 48.8 Å². The van der Waals surface area contributed by atoms with E-state index in [0.29, 0.717) is 11.2 Å². The minimum atomic E-state index is -2.02. The molecule has 0 bridgehead atoms. The fourth-order valence-electron chi connectivity index (χ4n) is 2.69. The predicted molar refractivity (Wildman–Crippen MR) is 104 cm³/mol. The van der Waals surface area contributed by atoms with E-state index in [4.69, 9.17) is 26.5 Å². The maximum Gasteiger partial charge on any atom is 0.223 e. The van der Waals surface area contributed by atoms with Crippen LogP contribution in [0.4, 0.5) is 5.95 Å². The number of anilines is 1. The average Bonchev–Trinajstić information content (AvgIpc) is 3.07. The van der Waals surface area contributed by atoms with E-state index >= 15 is 0 Å². The topological polar surface area (TPSA) is 129 Å². The standard InChI is InChI=1S/C16H26ClN5O4Si/c1-16(2,3)27(4,5)25-6-8-10(23)11(24)14(26-8)22-7-19-9-12(17)20-15(18)21-13(9)22/h7-8,10-11,14,23-24H,6H2,1-5H3,(H2,18,20,21)/t8-,10-,11-,14-/m1/s1. The van der Waals surface area contributed by atoms with E-state index in [1.165, 1.54) is 10.9 Å². The van der Waals surface area contributed by atoms with E-state index in [1.807, 2.05) is 0 Å². The first kappa shape index (κ1) is 20.4. The molecular weight excluding hydrogens is 390 g/mol. The molecule has 0 amide bonds. The van der Waals surface area contributed by atoms with Crippen molar-refractivity contribution in [2.75, 3.05) is 12.3 Å². The van der Waals surface area contributed by atoms with Crippen molar-refractivity contribution in [3.63, 3.8) is 0 Å². The van der Waals surface area contributed by atoms with Crippen molar-refractivity contribution in [1.29, 1.82) is 0 Å². The minimum Gasteiger partial charge on any atom is -0.414 e. The van der Waals surface area contributed by atoms with Gasteiger partial charge in [-0.05, 0) is 18.1 Å². The monoisotopic (exact) mass is 415 g/mol. The maximum absolute atomic E-state index is 10.5. The molecule has 0 spiro atoms. The molecule has 27 heavy (non-hydrogen) atoms. The third kappa shape index (κ3) is 3.69. The van der Waals surface area contributed by atoms with Gasteiger partial charge in [0.15, 0.2) is 25.3 Å². The molecule has 1 fully saturated rings. The largest absolute Gasteiger partial charge is 0.414 e. The van der Waals surface area contributed by atoms with E-state index < -0.39 is 32.9 Å². The van der Waals surface area contributed by atoms with Gasteiger partial charge in [-0.1, -0.05) is 32.4 Å². The molecule has 9 nitrogen and oxygen atoms in total. The van der Waals surface area contributed by atoms with Crippen LogP contribution >= 0.6 is 11.6 Å². The Kier molecular flexibility index (Phi) is 5.25. The van der Waals surface area contributed by atoms with Crippen LogP contribution in [-0.2, 0) is 9.16 Å². The van der Waals surface area contributed by atoms with Crippen LogP contribution in [0.2, 0.25) is 23.3 Å². The Balaban J connectivity index is 1.82. The molecule has 1 aliphatic heterocycles. The normalized spacial score (nSPS) is 26.8. The second-order valence-electron chi connectivity index (χ2n) is 8.31. The van der Waals surface area contributed by atoms with Gasteiger partial charge in [0.05, 0.1) is 12.9 Å². The summed E-state index contributed by atoms with van der Waals surface area (Å²) < 4.78 is 13.5. The third-order valence-electron chi connectivity index (χ3n) is 5.42. The molecule has 0 aromatic carbocycles. The summed E-state index contributed by atoms with van der Waals surface area (Å²) in [4.78, 5) is 12.1. The molecular formula is C16H26ClN5O4Si. The number of halogens is 1. The van der Waals surface area contributed by atoms with Gasteiger partial charge in [-0.2, -0.15) is 9.97 Å². The maximum atomic E-state index is 10.5. The van der Waals surface area contributed by atoms with Gasteiger partial charge >= 0.3 is 0 Å². The highest BCUT2D eigenvalue weighted by Crippen LogP contribution is 2.38. The zero-order valence-corrected chi connectivity index (χ0v) is 17.8. The third-order valence-corrected chi connectivity index (χ3v) is 10.2. The molecule has 0 aliphatic carbocycles. The van der Waals surface area contributed by atoms with Crippen molar-refractivity contribution < 1.29 is 19.4 Å².